The molecular formula is C24H30N4O4S. The first kappa shape index (κ1) is 23.1. The van der Waals surface area contributed by atoms with Crippen LogP contribution in [0.2, 0.25) is 0 Å². The molecule has 2 N–H and O–H groups in total. The number of benzene rings is 2. The standard InChI is InChI=1S/C24H30N4O4S/c1-18-9-10-20(17-22(18)26-33(31,32)21-7-3-2-4-8-21)25-23(29)19-11-15-28(16-12-19)24(30)27-13-5-6-14-27/h2-4,7-10,17,19,26H,5-6,11-16H2,1H3,(H,25,29). The zero-order valence-electron chi connectivity index (χ0n) is 18.8. The van der Waals surface area contributed by atoms with Crippen molar-refractivity contribution in [3.05, 3.63) is 54.1 Å². The van der Waals surface area contributed by atoms with E-state index in [0.717, 1.165) is 31.5 Å². The van der Waals surface area contributed by atoms with Crippen LogP contribution in [-0.4, -0.2) is 56.3 Å². The van der Waals surface area contributed by atoms with Crippen molar-refractivity contribution < 1.29 is 18.0 Å². The Labute approximate surface area is 195 Å². The molecule has 8 nitrogen and oxygen atoms in total. The Bertz CT molecular complexity index is 1110. The molecule has 0 radical (unpaired) electrons. The number of nitrogens with one attached hydrogen (secondary N) is 2. The van der Waals surface area contributed by atoms with Gasteiger partial charge in [0.1, 0.15) is 0 Å². The van der Waals surface area contributed by atoms with E-state index in [9.17, 15) is 18.0 Å². The fourth-order valence-electron chi connectivity index (χ4n) is 4.30. The first-order chi connectivity index (χ1) is 15.8. The molecule has 0 saturated carbocycles. The van der Waals surface area contributed by atoms with E-state index in [1.54, 1.807) is 36.4 Å². The number of sulfonamides is 1. The lowest BCUT2D eigenvalue weighted by atomic mass is 9.96. The second-order valence-corrected chi connectivity index (χ2v) is 10.4. The Kier molecular flexibility index (Phi) is 6.88. The van der Waals surface area contributed by atoms with Gasteiger partial charge in [-0.05, 0) is 62.4 Å². The van der Waals surface area contributed by atoms with Crippen molar-refractivity contribution in [1.82, 2.24) is 9.80 Å². The fraction of sp³-hybridized carbons (Fsp3) is 0.417. The lowest BCUT2D eigenvalue weighted by molar-refractivity contribution is -0.121. The van der Waals surface area contributed by atoms with E-state index >= 15 is 0 Å². The van der Waals surface area contributed by atoms with Crippen LogP contribution in [0.3, 0.4) is 0 Å². The molecule has 0 aromatic heterocycles. The molecule has 33 heavy (non-hydrogen) atoms. The van der Waals surface area contributed by atoms with Gasteiger partial charge >= 0.3 is 6.03 Å². The summed E-state index contributed by atoms with van der Waals surface area (Å²) in [6.45, 7) is 4.60. The third-order valence-corrected chi connectivity index (χ3v) is 7.70. The molecule has 2 fully saturated rings. The van der Waals surface area contributed by atoms with E-state index in [4.69, 9.17) is 0 Å². The fourth-order valence-corrected chi connectivity index (χ4v) is 5.44. The van der Waals surface area contributed by atoms with Crippen LogP contribution in [0.15, 0.2) is 53.4 Å². The topological polar surface area (TPSA) is 98.8 Å². The molecule has 3 amide bonds. The van der Waals surface area contributed by atoms with Crippen LogP contribution >= 0.6 is 0 Å². The summed E-state index contributed by atoms with van der Waals surface area (Å²) >= 11 is 0. The summed E-state index contributed by atoms with van der Waals surface area (Å²) in [5, 5.41) is 2.92. The quantitative estimate of drug-likeness (QED) is 0.697. The number of aryl methyl sites for hydroxylation is 1. The molecule has 2 aliphatic heterocycles. The third-order valence-electron chi connectivity index (χ3n) is 6.32. The molecule has 9 heteroatoms. The molecule has 2 aromatic rings. The highest BCUT2D eigenvalue weighted by molar-refractivity contribution is 7.92. The van der Waals surface area contributed by atoms with Gasteiger partial charge in [-0.3, -0.25) is 9.52 Å². The number of amides is 3. The number of likely N-dealkylation sites (tertiary alicyclic amines) is 2. The monoisotopic (exact) mass is 470 g/mol. The van der Waals surface area contributed by atoms with Crippen LogP contribution < -0.4 is 10.0 Å². The minimum absolute atomic E-state index is 0.0836. The Balaban J connectivity index is 1.36. The van der Waals surface area contributed by atoms with Crippen LogP contribution in [0.5, 0.6) is 0 Å². The van der Waals surface area contributed by atoms with Crippen molar-refractivity contribution >= 4 is 33.3 Å². The highest BCUT2D eigenvalue weighted by Gasteiger charge is 2.30. The van der Waals surface area contributed by atoms with E-state index in [0.29, 0.717) is 37.3 Å². The lowest BCUT2D eigenvalue weighted by Crippen LogP contribution is -2.47. The SMILES string of the molecule is Cc1ccc(NC(=O)C2CCN(C(=O)N3CCCC3)CC2)cc1NS(=O)(=O)c1ccccc1. The van der Waals surface area contributed by atoms with Gasteiger partial charge in [-0.1, -0.05) is 24.3 Å². The zero-order chi connectivity index (χ0) is 23.4. The van der Waals surface area contributed by atoms with E-state index in [-0.39, 0.29) is 22.8 Å². The minimum atomic E-state index is -3.73. The molecule has 2 aromatic carbocycles. The number of carbonyl (C=O) groups is 2. The summed E-state index contributed by atoms with van der Waals surface area (Å²) in [7, 11) is -3.73. The third kappa shape index (κ3) is 5.47. The normalized spacial score (nSPS) is 17.1. The number of hydrogen-bond donors (Lipinski definition) is 2. The van der Waals surface area contributed by atoms with Gasteiger partial charge in [0.15, 0.2) is 0 Å². The maximum absolute atomic E-state index is 12.8. The minimum Gasteiger partial charge on any atom is -0.326 e. The van der Waals surface area contributed by atoms with Gasteiger partial charge in [-0.2, -0.15) is 0 Å². The van der Waals surface area contributed by atoms with Crippen molar-refractivity contribution in [3.63, 3.8) is 0 Å². The smallest absolute Gasteiger partial charge is 0.319 e. The first-order valence-corrected chi connectivity index (χ1v) is 12.8. The lowest BCUT2D eigenvalue weighted by Gasteiger charge is -2.34. The Morgan fingerprint density at radius 1 is 0.909 bits per heavy atom. The summed E-state index contributed by atoms with van der Waals surface area (Å²) in [5.41, 5.74) is 1.70. The molecule has 0 bridgehead atoms. The van der Waals surface area contributed by atoms with Crippen LogP contribution in [0.4, 0.5) is 16.2 Å². The summed E-state index contributed by atoms with van der Waals surface area (Å²) in [6, 6.07) is 13.4. The number of nitrogens with zero attached hydrogens (tertiary/aromatic N) is 2. The molecule has 2 saturated heterocycles. The van der Waals surface area contributed by atoms with E-state index in [1.807, 2.05) is 16.7 Å². The van der Waals surface area contributed by atoms with Gasteiger partial charge in [-0.15, -0.1) is 0 Å². The predicted octanol–water partition coefficient (Wildman–Crippen LogP) is 3.66. The van der Waals surface area contributed by atoms with Crippen molar-refractivity contribution in [2.75, 3.05) is 36.2 Å². The maximum atomic E-state index is 12.8. The molecule has 2 heterocycles. The van der Waals surface area contributed by atoms with Crippen molar-refractivity contribution in [2.24, 2.45) is 5.92 Å². The number of carbonyl (C=O) groups excluding carboxylic acids is 2. The average Bonchev–Trinajstić information content (AvgIpc) is 3.36. The predicted molar refractivity (Wildman–Crippen MR) is 128 cm³/mol. The Hall–Kier alpha value is -3.07. The maximum Gasteiger partial charge on any atom is 0.319 e. The number of hydrogen-bond acceptors (Lipinski definition) is 4. The van der Waals surface area contributed by atoms with Gasteiger partial charge in [0.25, 0.3) is 10.0 Å². The van der Waals surface area contributed by atoms with Gasteiger partial charge < -0.3 is 15.1 Å². The van der Waals surface area contributed by atoms with E-state index in [1.165, 1.54) is 12.1 Å². The summed E-state index contributed by atoms with van der Waals surface area (Å²) in [4.78, 5) is 29.3. The number of piperidine rings is 1. The van der Waals surface area contributed by atoms with Gasteiger partial charge in [0, 0.05) is 37.8 Å². The highest BCUT2D eigenvalue weighted by Crippen LogP contribution is 2.26. The first-order valence-electron chi connectivity index (χ1n) is 11.4. The van der Waals surface area contributed by atoms with Gasteiger partial charge in [0.05, 0.1) is 10.6 Å². The molecule has 4 rings (SSSR count). The van der Waals surface area contributed by atoms with Gasteiger partial charge in [-0.25, -0.2) is 13.2 Å². The van der Waals surface area contributed by atoms with Crippen LogP contribution in [-0.2, 0) is 14.8 Å². The Morgan fingerprint density at radius 2 is 1.55 bits per heavy atom. The van der Waals surface area contributed by atoms with Crippen molar-refractivity contribution in [3.8, 4) is 0 Å². The highest BCUT2D eigenvalue weighted by atomic mass is 32.2. The molecule has 0 unspecified atom stereocenters. The zero-order valence-corrected chi connectivity index (χ0v) is 19.6. The van der Waals surface area contributed by atoms with Crippen LogP contribution in [0, 0.1) is 12.8 Å². The van der Waals surface area contributed by atoms with Crippen LogP contribution in [0.25, 0.3) is 0 Å². The second-order valence-electron chi connectivity index (χ2n) is 8.68. The summed E-state index contributed by atoms with van der Waals surface area (Å²) < 4.78 is 28.0. The second kappa shape index (κ2) is 9.82. The molecule has 176 valence electrons. The molecule has 0 aliphatic carbocycles. The van der Waals surface area contributed by atoms with Crippen molar-refractivity contribution in [1.29, 1.82) is 0 Å². The molecule has 2 aliphatic rings. The average molecular weight is 471 g/mol. The molecular weight excluding hydrogens is 440 g/mol. The van der Waals surface area contributed by atoms with E-state index < -0.39 is 10.0 Å². The number of rotatable bonds is 5. The largest absolute Gasteiger partial charge is 0.326 e. The summed E-state index contributed by atoms with van der Waals surface area (Å²) in [6.07, 6.45) is 3.35. The Morgan fingerprint density at radius 3 is 2.21 bits per heavy atom. The van der Waals surface area contributed by atoms with Gasteiger partial charge in [0.2, 0.25) is 5.91 Å². The summed E-state index contributed by atoms with van der Waals surface area (Å²) in [5.74, 6) is -0.289. The number of anilines is 2. The number of urea groups is 1. The molecule has 0 atom stereocenters. The molecule has 0 spiro atoms. The van der Waals surface area contributed by atoms with Crippen molar-refractivity contribution in [2.45, 2.75) is 37.5 Å². The van der Waals surface area contributed by atoms with Crippen LogP contribution in [0.1, 0.15) is 31.2 Å². The van der Waals surface area contributed by atoms with E-state index in [2.05, 4.69) is 10.0 Å².